The first-order chi connectivity index (χ1) is 6.27. The van der Waals surface area contributed by atoms with E-state index in [0.29, 0.717) is 6.54 Å². The largest absolute Gasteiger partial charge is 0.375 e. The van der Waals surface area contributed by atoms with E-state index in [2.05, 4.69) is 5.43 Å². The minimum atomic E-state index is -0.0257. The third-order valence-corrected chi connectivity index (χ3v) is 2.08. The van der Waals surface area contributed by atoms with Crippen molar-refractivity contribution in [1.82, 2.24) is 5.43 Å². The van der Waals surface area contributed by atoms with E-state index in [0.717, 1.165) is 10.6 Å². The Morgan fingerprint density at radius 3 is 2.54 bits per heavy atom. The van der Waals surface area contributed by atoms with Gasteiger partial charge in [0.1, 0.15) is 0 Å². The van der Waals surface area contributed by atoms with Crippen LogP contribution in [0.4, 0.5) is 0 Å². The van der Waals surface area contributed by atoms with Crippen LogP contribution < -0.4 is 11.3 Å². The summed E-state index contributed by atoms with van der Waals surface area (Å²) in [7, 11) is 1.65. The number of rotatable bonds is 4. The van der Waals surface area contributed by atoms with Crippen LogP contribution in [0.15, 0.2) is 24.3 Å². The van der Waals surface area contributed by atoms with Gasteiger partial charge in [-0.2, -0.15) is 0 Å². The molecular weight excluding hydrogens is 188 g/mol. The van der Waals surface area contributed by atoms with Crippen LogP contribution in [0.3, 0.4) is 0 Å². The summed E-state index contributed by atoms with van der Waals surface area (Å²) in [4.78, 5) is 0. The maximum atomic E-state index is 5.76. The molecule has 0 saturated carbocycles. The van der Waals surface area contributed by atoms with Crippen LogP contribution in [0, 0.1) is 0 Å². The molecule has 3 N–H and O–H groups in total. The van der Waals surface area contributed by atoms with Crippen molar-refractivity contribution in [3.05, 3.63) is 34.9 Å². The van der Waals surface area contributed by atoms with E-state index in [9.17, 15) is 0 Å². The molecule has 0 radical (unpaired) electrons. The summed E-state index contributed by atoms with van der Waals surface area (Å²) in [5, 5.41) is 0.722. The number of hydrazine groups is 1. The molecule has 4 heteroatoms. The summed E-state index contributed by atoms with van der Waals surface area (Å²) in [5.41, 5.74) is 3.63. The van der Waals surface area contributed by atoms with E-state index < -0.39 is 0 Å². The van der Waals surface area contributed by atoms with Gasteiger partial charge < -0.3 is 4.74 Å². The normalized spacial score (nSPS) is 12.8. The summed E-state index contributed by atoms with van der Waals surface area (Å²) in [5.74, 6) is 5.22. The van der Waals surface area contributed by atoms with E-state index in [1.165, 1.54) is 0 Å². The first-order valence-corrected chi connectivity index (χ1v) is 4.37. The van der Waals surface area contributed by atoms with E-state index in [-0.39, 0.29) is 6.10 Å². The zero-order valence-corrected chi connectivity index (χ0v) is 8.21. The molecule has 0 aliphatic carbocycles. The molecule has 0 amide bonds. The highest BCUT2D eigenvalue weighted by Crippen LogP contribution is 2.18. The predicted molar refractivity (Wildman–Crippen MR) is 53.4 cm³/mol. The molecule has 1 atom stereocenters. The minimum Gasteiger partial charge on any atom is -0.375 e. The minimum absolute atomic E-state index is 0.0257. The maximum Gasteiger partial charge on any atom is 0.0959 e. The predicted octanol–water partition coefficient (Wildman–Crippen LogP) is 1.49. The van der Waals surface area contributed by atoms with Crippen molar-refractivity contribution in [1.29, 1.82) is 0 Å². The van der Waals surface area contributed by atoms with E-state index in [4.69, 9.17) is 22.2 Å². The van der Waals surface area contributed by atoms with Crippen LogP contribution in [0.25, 0.3) is 0 Å². The number of halogens is 1. The molecule has 1 aromatic rings. The lowest BCUT2D eigenvalue weighted by Gasteiger charge is -2.14. The molecule has 0 fully saturated rings. The quantitative estimate of drug-likeness (QED) is 0.572. The van der Waals surface area contributed by atoms with Gasteiger partial charge in [0.15, 0.2) is 0 Å². The smallest absolute Gasteiger partial charge is 0.0959 e. The molecule has 1 aromatic carbocycles. The second-order valence-electron chi connectivity index (χ2n) is 2.68. The van der Waals surface area contributed by atoms with Crippen LogP contribution in [0.1, 0.15) is 11.7 Å². The van der Waals surface area contributed by atoms with Gasteiger partial charge in [-0.3, -0.25) is 11.3 Å². The van der Waals surface area contributed by atoms with Crippen molar-refractivity contribution < 1.29 is 4.74 Å². The van der Waals surface area contributed by atoms with E-state index >= 15 is 0 Å². The highest BCUT2D eigenvalue weighted by molar-refractivity contribution is 6.30. The standard InChI is InChI=1S/C9H13ClN2O/c1-13-9(6-12-11)7-2-4-8(10)5-3-7/h2-5,9,12H,6,11H2,1H3. The number of methoxy groups -OCH3 is 1. The van der Waals surface area contributed by atoms with Gasteiger partial charge in [-0.15, -0.1) is 0 Å². The Kier molecular flexibility index (Phi) is 4.18. The molecule has 13 heavy (non-hydrogen) atoms. The summed E-state index contributed by atoms with van der Waals surface area (Å²) in [6.45, 7) is 0.581. The number of nitrogens with two attached hydrogens (primary N) is 1. The SMILES string of the molecule is COC(CNN)c1ccc(Cl)cc1. The monoisotopic (exact) mass is 200 g/mol. The first-order valence-electron chi connectivity index (χ1n) is 3.99. The summed E-state index contributed by atoms with van der Waals surface area (Å²) in [6.07, 6.45) is -0.0257. The van der Waals surface area contributed by atoms with Crippen LogP contribution >= 0.6 is 11.6 Å². The Balaban J connectivity index is 2.73. The molecule has 0 heterocycles. The number of nitrogens with one attached hydrogen (secondary N) is 1. The second-order valence-corrected chi connectivity index (χ2v) is 3.12. The molecular formula is C9H13ClN2O. The van der Waals surface area contributed by atoms with Crippen molar-refractivity contribution in [3.63, 3.8) is 0 Å². The molecule has 0 spiro atoms. The number of ether oxygens (including phenoxy) is 1. The highest BCUT2D eigenvalue weighted by atomic mass is 35.5. The van der Waals surface area contributed by atoms with Gasteiger partial charge in [0, 0.05) is 18.7 Å². The molecule has 0 saturated heterocycles. The summed E-state index contributed by atoms with van der Waals surface area (Å²) < 4.78 is 5.23. The average molecular weight is 201 g/mol. The fourth-order valence-corrected chi connectivity index (χ4v) is 1.25. The highest BCUT2D eigenvalue weighted by Gasteiger charge is 2.08. The number of benzene rings is 1. The van der Waals surface area contributed by atoms with Gasteiger partial charge in [-0.1, -0.05) is 23.7 Å². The Bertz CT molecular complexity index is 250. The van der Waals surface area contributed by atoms with E-state index in [1.807, 2.05) is 24.3 Å². The lowest BCUT2D eigenvalue weighted by molar-refractivity contribution is 0.103. The first kappa shape index (κ1) is 10.5. The zero-order chi connectivity index (χ0) is 9.68. The van der Waals surface area contributed by atoms with Gasteiger partial charge in [-0.25, -0.2) is 0 Å². The third kappa shape index (κ3) is 2.97. The van der Waals surface area contributed by atoms with Crippen molar-refractivity contribution in [3.8, 4) is 0 Å². The zero-order valence-electron chi connectivity index (χ0n) is 7.46. The van der Waals surface area contributed by atoms with Crippen LogP contribution in [0.5, 0.6) is 0 Å². The maximum absolute atomic E-state index is 5.76. The van der Waals surface area contributed by atoms with Crippen molar-refractivity contribution in [2.75, 3.05) is 13.7 Å². The topological polar surface area (TPSA) is 47.3 Å². The molecule has 72 valence electrons. The Morgan fingerprint density at radius 2 is 2.08 bits per heavy atom. The third-order valence-electron chi connectivity index (χ3n) is 1.83. The molecule has 0 bridgehead atoms. The van der Waals surface area contributed by atoms with Gasteiger partial charge in [-0.05, 0) is 17.7 Å². The van der Waals surface area contributed by atoms with Gasteiger partial charge >= 0.3 is 0 Å². The van der Waals surface area contributed by atoms with Crippen LogP contribution in [0.2, 0.25) is 5.02 Å². The Hall–Kier alpha value is -0.610. The molecule has 1 unspecified atom stereocenters. The molecule has 3 nitrogen and oxygen atoms in total. The van der Waals surface area contributed by atoms with Crippen molar-refractivity contribution in [2.24, 2.45) is 5.84 Å². The Labute approximate surface area is 82.8 Å². The van der Waals surface area contributed by atoms with Gasteiger partial charge in [0.2, 0.25) is 0 Å². The number of hydrogen-bond acceptors (Lipinski definition) is 3. The van der Waals surface area contributed by atoms with E-state index in [1.54, 1.807) is 7.11 Å². The molecule has 0 aliphatic rings. The van der Waals surface area contributed by atoms with Crippen molar-refractivity contribution in [2.45, 2.75) is 6.10 Å². The lowest BCUT2D eigenvalue weighted by Crippen LogP contribution is -2.28. The fourth-order valence-electron chi connectivity index (χ4n) is 1.12. The van der Waals surface area contributed by atoms with Crippen LogP contribution in [-0.4, -0.2) is 13.7 Å². The summed E-state index contributed by atoms with van der Waals surface area (Å²) in [6, 6.07) is 7.51. The molecule has 0 aliphatic heterocycles. The van der Waals surface area contributed by atoms with Gasteiger partial charge in [0.25, 0.3) is 0 Å². The van der Waals surface area contributed by atoms with Crippen LogP contribution in [-0.2, 0) is 4.74 Å². The molecule has 1 rings (SSSR count). The summed E-state index contributed by atoms with van der Waals surface area (Å²) >= 11 is 5.76. The Morgan fingerprint density at radius 1 is 1.46 bits per heavy atom. The number of hydrogen-bond donors (Lipinski definition) is 2. The lowest BCUT2D eigenvalue weighted by atomic mass is 10.1. The van der Waals surface area contributed by atoms with Gasteiger partial charge in [0.05, 0.1) is 6.10 Å². The van der Waals surface area contributed by atoms with Crippen molar-refractivity contribution >= 4 is 11.6 Å². The second kappa shape index (κ2) is 5.19. The fraction of sp³-hybridized carbons (Fsp3) is 0.333. The molecule has 0 aromatic heterocycles. The average Bonchev–Trinajstić information content (AvgIpc) is 2.16.